The Morgan fingerprint density at radius 1 is 1.10 bits per heavy atom. The van der Waals surface area contributed by atoms with Crippen molar-refractivity contribution in [3.63, 3.8) is 0 Å². The Bertz CT molecular complexity index is 689. The van der Waals surface area contributed by atoms with Crippen LogP contribution in [-0.2, 0) is 19.5 Å². The molecular weight excluding hydrogens is 248 g/mol. The van der Waals surface area contributed by atoms with E-state index < -0.39 is 0 Å². The first kappa shape index (κ1) is 12.9. The van der Waals surface area contributed by atoms with Crippen molar-refractivity contribution in [3.8, 4) is 0 Å². The highest BCUT2D eigenvalue weighted by atomic mass is 16.3. The molecule has 0 atom stereocenters. The summed E-state index contributed by atoms with van der Waals surface area (Å²) in [5.74, 6) is 1.07. The fourth-order valence-electron chi connectivity index (χ4n) is 2.46. The number of pyridine rings is 1. The molecule has 0 aliphatic rings. The van der Waals surface area contributed by atoms with Crippen LogP contribution in [0.4, 0.5) is 0 Å². The molecule has 0 saturated heterocycles. The Morgan fingerprint density at radius 3 is 2.80 bits per heavy atom. The largest absolute Gasteiger partial charge is 0.461 e. The highest BCUT2D eigenvalue weighted by Gasteiger charge is 2.11. The van der Waals surface area contributed by atoms with Crippen LogP contribution in [0.25, 0.3) is 11.0 Å². The molecule has 0 unspecified atom stereocenters. The first-order valence-electron chi connectivity index (χ1n) is 6.97. The Balaban J connectivity index is 1.77. The van der Waals surface area contributed by atoms with Crippen molar-refractivity contribution in [2.45, 2.75) is 26.4 Å². The molecule has 2 aromatic heterocycles. The number of nitrogens with one attached hydrogen (secondary N) is 1. The lowest BCUT2D eigenvalue weighted by Gasteiger charge is -2.05. The van der Waals surface area contributed by atoms with Gasteiger partial charge in [0.2, 0.25) is 0 Å². The second-order valence-electron chi connectivity index (χ2n) is 4.82. The fraction of sp³-hybridized carbons (Fsp3) is 0.235. The summed E-state index contributed by atoms with van der Waals surface area (Å²) >= 11 is 0. The number of hydrogen-bond donors (Lipinski definition) is 1. The molecule has 3 rings (SSSR count). The molecule has 1 aromatic carbocycles. The number of para-hydroxylation sites is 1. The molecule has 3 aromatic rings. The average molecular weight is 266 g/mol. The lowest BCUT2D eigenvalue weighted by molar-refractivity contribution is 0.544. The maximum atomic E-state index is 5.90. The Kier molecular flexibility index (Phi) is 3.79. The summed E-state index contributed by atoms with van der Waals surface area (Å²) in [5.41, 5.74) is 3.44. The Hall–Kier alpha value is -2.13. The van der Waals surface area contributed by atoms with Gasteiger partial charge in [-0.15, -0.1) is 0 Å². The molecule has 0 aliphatic heterocycles. The number of benzene rings is 1. The quantitative estimate of drug-likeness (QED) is 0.765. The zero-order chi connectivity index (χ0) is 13.8. The van der Waals surface area contributed by atoms with E-state index in [0.717, 1.165) is 30.9 Å². The van der Waals surface area contributed by atoms with E-state index in [4.69, 9.17) is 4.42 Å². The minimum atomic E-state index is 0.815. The first-order valence-corrected chi connectivity index (χ1v) is 6.97. The molecule has 0 spiro atoms. The predicted molar refractivity (Wildman–Crippen MR) is 80.4 cm³/mol. The van der Waals surface area contributed by atoms with Crippen LogP contribution in [-0.4, -0.2) is 4.98 Å². The summed E-state index contributed by atoms with van der Waals surface area (Å²) in [6.07, 6.45) is 4.60. The zero-order valence-electron chi connectivity index (χ0n) is 11.6. The van der Waals surface area contributed by atoms with Gasteiger partial charge in [-0.25, -0.2) is 0 Å². The third-order valence-electron chi connectivity index (χ3n) is 3.46. The van der Waals surface area contributed by atoms with Gasteiger partial charge in [-0.2, -0.15) is 0 Å². The van der Waals surface area contributed by atoms with Crippen molar-refractivity contribution in [2.75, 3.05) is 0 Å². The van der Waals surface area contributed by atoms with E-state index in [-0.39, 0.29) is 0 Å². The van der Waals surface area contributed by atoms with Crippen molar-refractivity contribution < 1.29 is 4.42 Å². The molecule has 0 amide bonds. The molecule has 1 N–H and O–H groups in total. The predicted octanol–water partition coefficient (Wildman–Crippen LogP) is 3.68. The van der Waals surface area contributed by atoms with E-state index in [9.17, 15) is 0 Å². The molecule has 3 nitrogen and oxygen atoms in total. The maximum Gasteiger partial charge on any atom is 0.134 e. The van der Waals surface area contributed by atoms with Gasteiger partial charge in [0.1, 0.15) is 11.3 Å². The third kappa shape index (κ3) is 2.58. The molecule has 102 valence electrons. The summed E-state index contributed by atoms with van der Waals surface area (Å²) in [7, 11) is 0. The van der Waals surface area contributed by atoms with Gasteiger partial charge >= 0.3 is 0 Å². The van der Waals surface area contributed by atoms with Crippen LogP contribution in [0.2, 0.25) is 0 Å². The first-order chi connectivity index (χ1) is 9.88. The van der Waals surface area contributed by atoms with E-state index in [0.29, 0.717) is 0 Å². The van der Waals surface area contributed by atoms with Gasteiger partial charge in [-0.3, -0.25) is 4.98 Å². The molecule has 2 heterocycles. The minimum Gasteiger partial charge on any atom is -0.461 e. The summed E-state index contributed by atoms with van der Waals surface area (Å²) < 4.78 is 5.90. The molecular formula is C17H18N2O. The van der Waals surface area contributed by atoms with Gasteiger partial charge in [-0.1, -0.05) is 31.2 Å². The van der Waals surface area contributed by atoms with Gasteiger partial charge < -0.3 is 9.73 Å². The SMILES string of the molecule is CCc1oc2ccccc2c1CNCc1cccnc1. The summed E-state index contributed by atoms with van der Waals surface area (Å²) in [6, 6.07) is 12.3. The number of hydrogen-bond acceptors (Lipinski definition) is 3. The number of aryl methyl sites for hydroxylation is 1. The smallest absolute Gasteiger partial charge is 0.134 e. The topological polar surface area (TPSA) is 38.1 Å². The van der Waals surface area contributed by atoms with Crippen molar-refractivity contribution in [1.82, 2.24) is 10.3 Å². The standard InChI is InChI=1S/C17H18N2O/c1-2-16-15(14-7-3-4-8-17(14)20-16)12-19-11-13-6-5-9-18-10-13/h3-10,19H,2,11-12H2,1H3. The van der Waals surface area contributed by atoms with Gasteiger partial charge in [-0.05, 0) is 17.7 Å². The Labute approximate surface area is 118 Å². The highest BCUT2D eigenvalue weighted by molar-refractivity contribution is 5.82. The summed E-state index contributed by atoms with van der Waals surface area (Å²) in [4.78, 5) is 4.13. The van der Waals surface area contributed by atoms with Gasteiger partial charge in [0.15, 0.2) is 0 Å². The summed E-state index contributed by atoms with van der Waals surface area (Å²) in [6.45, 7) is 3.76. The van der Waals surface area contributed by atoms with Crippen molar-refractivity contribution >= 4 is 11.0 Å². The number of furan rings is 1. The molecule has 20 heavy (non-hydrogen) atoms. The molecule has 0 fully saturated rings. The normalized spacial score (nSPS) is 11.1. The van der Waals surface area contributed by atoms with Gasteiger partial charge in [0.05, 0.1) is 0 Å². The van der Waals surface area contributed by atoms with Crippen LogP contribution in [0.15, 0.2) is 53.2 Å². The van der Waals surface area contributed by atoms with E-state index >= 15 is 0 Å². The molecule has 3 heteroatoms. The van der Waals surface area contributed by atoms with Crippen molar-refractivity contribution in [1.29, 1.82) is 0 Å². The van der Waals surface area contributed by atoms with Crippen molar-refractivity contribution in [2.24, 2.45) is 0 Å². The third-order valence-corrected chi connectivity index (χ3v) is 3.46. The van der Waals surface area contributed by atoms with Crippen LogP contribution in [0, 0.1) is 0 Å². The monoisotopic (exact) mass is 266 g/mol. The number of aromatic nitrogens is 1. The van der Waals surface area contributed by atoms with E-state index in [1.807, 2.05) is 24.4 Å². The summed E-state index contributed by atoms with van der Waals surface area (Å²) in [5, 5.41) is 4.68. The minimum absolute atomic E-state index is 0.815. The van der Waals surface area contributed by atoms with Gasteiger partial charge in [0.25, 0.3) is 0 Å². The molecule has 0 aliphatic carbocycles. The van der Waals surface area contributed by atoms with E-state index in [2.05, 4.69) is 35.4 Å². The number of nitrogens with zero attached hydrogens (tertiary/aromatic N) is 1. The highest BCUT2D eigenvalue weighted by Crippen LogP contribution is 2.26. The zero-order valence-corrected chi connectivity index (χ0v) is 11.6. The maximum absolute atomic E-state index is 5.90. The molecule has 0 saturated carbocycles. The van der Waals surface area contributed by atoms with Crippen molar-refractivity contribution in [3.05, 3.63) is 65.7 Å². The van der Waals surface area contributed by atoms with Crippen LogP contribution in [0.3, 0.4) is 0 Å². The number of fused-ring (bicyclic) bond motifs is 1. The number of rotatable bonds is 5. The molecule has 0 radical (unpaired) electrons. The second-order valence-corrected chi connectivity index (χ2v) is 4.82. The lowest BCUT2D eigenvalue weighted by Crippen LogP contribution is -2.13. The van der Waals surface area contributed by atoms with Crippen LogP contribution in [0.5, 0.6) is 0 Å². The van der Waals surface area contributed by atoms with E-state index in [1.165, 1.54) is 16.5 Å². The lowest BCUT2D eigenvalue weighted by atomic mass is 10.1. The van der Waals surface area contributed by atoms with Crippen LogP contribution < -0.4 is 5.32 Å². The second kappa shape index (κ2) is 5.88. The van der Waals surface area contributed by atoms with Crippen LogP contribution >= 0.6 is 0 Å². The Morgan fingerprint density at radius 2 is 2.00 bits per heavy atom. The molecule has 0 bridgehead atoms. The van der Waals surface area contributed by atoms with Gasteiger partial charge in [0, 0.05) is 42.9 Å². The van der Waals surface area contributed by atoms with E-state index in [1.54, 1.807) is 6.20 Å². The average Bonchev–Trinajstić information content (AvgIpc) is 2.87. The fourth-order valence-corrected chi connectivity index (χ4v) is 2.46. The van der Waals surface area contributed by atoms with Crippen LogP contribution in [0.1, 0.15) is 23.8 Å².